The predicted octanol–water partition coefficient (Wildman–Crippen LogP) is 2.54. The number of methoxy groups -OCH3 is 1. The Bertz CT molecular complexity index is 400. The van der Waals surface area contributed by atoms with Crippen LogP contribution in [0, 0.1) is 13.7 Å². The molecule has 0 atom stereocenters. The van der Waals surface area contributed by atoms with Crippen LogP contribution in [0.15, 0.2) is 6.20 Å². The zero-order valence-electron chi connectivity index (χ0n) is 7.41. The third kappa shape index (κ3) is 2.30. The number of hydrogen-bond acceptors (Lipinski definition) is 4. The lowest BCUT2D eigenvalue weighted by Gasteiger charge is -2.06. The Hall–Kier alpha value is -1.06. The zero-order chi connectivity index (χ0) is 11.6. The van der Waals surface area contributed by atoms with Crippen molar-refractivity contribution >= 4 is 28.4 Å². The Labute approximate surface area is 96.7 Å². The number of hydrogen-bond donors (Lipinski definition) is 0. The highest BCUT2D eigenvalue weighted by molar-refractivity contribution is 14.1. The standard InChI is InChI=1S/C7H5F2IN2O3/c1-15-5-4(10)3(6(8)9)2-11-7(5)12(13)14/h2,6H,1H3. The molecular formula is C7H5F2IN2O3. The van der Waals surface area contributed by atoms with E-state index in [1.807, 2.05) is 0 Å². The summed E-state index contributed by atoms with van der Waals surface area (Å²) in [6, 6.07) is 0. The average molecular weight is 330 g/mol. The van der Waals surface area contributed by atoms with Crippen LogP contribution < -0.4 is 4.74 Å². The van der Waals surface area contributed by atoms with Gasteiger partial charge in [-0.25, -0.2) is 8.78 Å². The van der Waals surface area contributed by atoms with Crippen LogP contribution >= 0.6 is 22.6 Å². The summed E-state index contributed by atoms with van der Waals surface area (Å²) in [5.74, 6) is -0.801. The molecule has 0 amide bonds. The number of alkyl halides is 2. The Kier molecular flexibility index (Phi) is 3.72. The fourth-order valence-electron chi connectivity index (χ4n) is 0.938. The predicted molar refractivity (Wildman–Crippen MR) is 55.1 cm³/mol. The SMILES string of the molecule is COc1c([N+](=O)[O-])ncc(C(F)F)c1I. The second-order valence-electron chi connectivity index (χ2n) is 2.44. The molecule has 0 fully saturated rings. The first kappa shape index (κ1) is 12.0. The number of nitrogens with zero attached hydrogens (tertiary/aromatic N) is 2. The van der Waals surface area contributed by atoms with Crippen LogP contribution in [0.2, 0.25) is 0 Å². The van der Waals surface area contributed by atoms with Crippen LogP contribution in [0.5, 0.6) is 5.75 Å². The third-order valence-corrected chi connectivity index (χ3v) is 2.71. The molecule has 1 heterocycles. The fourth-order valence-corrected chi connectivity index (χ4v) is 1.77. The lowest BCUT2D eigenvalue weighted by molar-refractivity contribution is -0.390. The molecule has 0 saturated carbocycles. The number of halogens is 3. The van der Waals surface area contributed by atoms with Gasteiger partial charge in [0.1, 0.15) is 0 Å². The molecule has 15 heavy (non-hydrogen) atoms. The smallest absolute Gasteiger partial charge is 0.407 e. The maximum absolute atomic E-state index is 12.4. The van der Waals surface area contributed by atoms with Crippen molar-refractivity contribution in [2.24, 2.45) is 0 Å². The van der Waals surface area contributed by atoms with Crippen molar-refractivity contribution in [1.82, 2.24) is 4.98 Å². The molecule has 82 valence electrons. The van der Waals surface area contributed by atoms with Crippen molar-refractivity contribution in [3.05, 3.63) is 25.4 Å². The molecule has 0 spiro atoms. The van der Waals surface area contributed by atoms with E-state index in [9.17, 15) is 18.9 Å². The summed E-state index contributed by atoms with van der Waals surface area (Å²) < 4.78 is 29.5. The lowest BCUT2D eigenvalue weighted by Crippen LogP contribution is -2.02. The Morgan fingerprint density at radius 3 is 2.67 bits per heavy atom. The largest absolute Gasteiger partial charge is 0.488 e. The van der Waals surface area contributed by atoms with Gasteiger partial charge in [0.25, 0.3) is 6.43 Å². The fraction of sp³-hybridized carbons (Fsp3) is 0.286. The van der Waals surface area contributed by atoms with Crippen LogP contribution in [0.4, 0.5) is 14.6 Å². The van der Waals surface area contributed by atoms with Gasteiger partial charge in [0.2, 0.25) is 5.75 Å². The van der Waals surface area contributed by atoms with Gasteiger partial charge in [0.15, 0.2) is 6.20 Å². The Balaban J connectivity index is 3.39. The maximum Gasteiger partial charge on any atom is 0.407 e. The highest BCUT2D eigenvalue weighted by Gasteiger charge is 2.26. The summed E-state index contributed by atoms with van der Waals surface area (Å²) in [7, 11) is 1.17. The number of aromatic nitrogens is 1. The molecule has 1 aromatic rings. The second kappa shape index (κ2) is 4.64. The molecule has 0 aromatic carbocycles. The summed E-state index contributed by atoms with van der Waals surface area (Å²) in [6.07, 6.45) is -1.95. The highest BCUT2D eigenvalue weighted by atomic mass is 127. The average Bonchev–Trinajstić information content (AvgIpc) is 2.16. The van der Waals surface area contributed by atoms with Crippen molar-refractivity contribution < 1.29 is 18.4 Å². The van der Waals surface area contributed by atoms with Gasteiger partial charge in [0, 0.05) is 0 Å². The van der Waals surface area contributed by atoms with E-state index in [-0.39, 0.29) is 14.9 Å². The molecule has 1 rings (SSSR count). The first-order valence-electron chi connectivity index (χ1n) is 3.64. The zero-order valence-corrected chi connectivity index (χ0v) is 9.57. The third-order valence-electron chi connectivity index (χ3n) is 1.59. The van der Waals surface area contributed by atoms with E-state index in [2.05, 4.69) is 9.72 Å². The monoisotopic (exact) mass is 330 g/mol. The minimum atomic E-state index is -2.74. The van der Waals surface area contributed by atoms with Crippen LogP contribution in [-0.4, -0.2) is 17.0 Å². The summed E-state index contributed by atoms with van der Waals surface area (Å²) >= 11 is 1.57. The van der Waals surface area contributed by atoms with E-state index < -0.39 is 17.2 Å². The van der Waals surface area contributed by atoms with Crippen molar-refractivity contribution in [3.63, 3.8) is 0 Å². The van der Waals surface area contributed by atoms with Gasteiger partial charge in [-0.2, -0.15) is 0 Å². The summed E-state index contributed by atoms with van der Waals surface area (Å²) in [5.41, 5.74) is -0.377. The van der Waals surface area contributed by atoms with Gasteiger partial charge in [0.05, 0.1) is 16.2 Å². The van der Waals surface area contributed by atoms with Crippen LogP contribution in [0.1, 0.15) is 12.0 Å². The molecular weight excluding hydrogens is 325 g/mol. The van der Waals surface area contributed by atoms with Gasteiger partial charge in [-0.3, -0.25) is 0 Å². The van der Waals surface area contributed by atoms with E-state index >= 15 is 0 Å². The summed E-state index contributed by atoms with van der Waals surface area (Å²) in [4.78, 5) is 13.0. The second-order valence-corrected chi connectivity index (χ2v) is 3.52. The minimum Gasteiger partial charge on any atom is -0.488 e. The number of ether oxygens (including phenoxy) is 1. The molecule has 0 aliphatic carbocycles. The molecule has 8 heteroatoms. The van der Waals surface area contributed by atoms with Crippen molar-refractivity contribution in [3.8, 4) is 5.75 Å². The molecule has 0 radical (unpaired) electrons. The lowest BCUT2D eigenvalue weighted by atomic mass is 10.3. The quantitative estimate of drug-likeness (QED) is 0.485. The Morgan fingerprint density at radius 2 is 2.27 bits per heavy atom. The molecule has 0 aliphatic heterocycles. The van der Waals surface area contributed by atoms with Crippen molar-refractivity contribution in [1.29, 1.82) is 0 Å². The molecule has 0 bridgehead atoms. The summed E-state index contributed by atoms with van der Waals surface area (Å²) in [6.45, 7) is 0. The molecule has 0 aliphatic rings. The number of rotatable bonds is 3. The Morgan fingerprint density at radius 1 is 1.67 bits per heavy atom. The molecule has 1 aromatic heterocycles. The van der Waals surface area contributed by atoms with Crippen LogP contribution in [0.25, 0.3) is 0 Å². The van der Waals surface area contributed by atoms with Crippen LogP contribution in [0.3, 0.4) is 0 Å². The first-order chi connectivity index (χ1) is 6.99. The first-order valence-corrected chi connectivity index (χ1v) is 4.71. The van der Waals surface area contributed by atoms with Gasteiger partial charge < -0.3 is 14.9 Å². The van der Waals surface area contributed by atoms with Gasteiger partial charge in [-0.1, -0.05) is 0 Å². The maximum atomic E-state index is 12.4. The van der Waals surface area contributed by atoms with Crippen LogP contribution in [-0.2, 0) is 0 Å². The molecule has 5 nitrogen and oxygen atoms in total. The molecule has 0 saturated heterocycles. The number of nitro groups is 1. The number of pyridine rings is 1. The molecule has 0 N–H and O–H groups in total. The van der Waals surface area contributed by atoms with Crippen molar-refractivity contribution in [2.45, 2.75) is 6.43 Å². The molecule has 0 unspecified atom stereocenters. The van der Waals surface area contributed by atoms with E-state index in [0.717, 1.165) is 6.20 Å². The minimum absolute atomic E-state index is 0.00630. The van der Waals surface area contributed by atoms with Crippen molar-refractivity contribution in [2.75, 3.05) is 7.11 Å². The normalized spacial score (nSPS) is 10.5. The topological polar surface area (TPSA) is 65.3 Å². The van der Waals surface area contributed by atoms with Gasteiger partial charge in [-0.15, -0.1) is 0 Å². The highest BCUT2D eigenvalue weighted by Crippen LogP contribution is 2.35. The summed E-state index contributed by atoms with van der Waals surface area (Å²) in [5, 5.41) is 10.5. The van der Waals surface area contributed by atoms with Gasteiger partial charge in [-0.05, 0) is 32.5 Å². The van der Waals surface area contributed by atoms with E-state index in [1.54, 1.807) is 22.6 Å². The van der Waals surface area contributed by atoms with E-state index in [1.165, 1.54) is 7.11 Å². The van der Waals surface area contributed by atoms with E-state index in [0.29, 0.717) is 0 Å². The van der Waals surface area contributed by atoms with E-state index in [4.69, 9.17) is 0 Å². The van der Waals surface area contributed by atoms with Gasteiger partial charge >= 0.3 is 5.82 Å².